The Morgan fingerprint density at radius 1 is 0.256 bits per heavy atom. The molecule has 0 N–H and O–H groups in total. The van der Waals surface area contributed by atoms with E-state index in [2.05, 4.69) is 130 Å². The molecule has 0 aliphatic rings. The zero-order valence-corrected chi connectivity index (χ0v) is 54.0. The van der Waals surface area contributed by atoms with Crippen LogP contribution in [0.1, 0.15) is 335 Å². The van der Waals surface area contributed by atoms with E-state index in [0.717, 1.165) is 128 Å². The molecule has 1 unspecified atom stereocenters. The SMILES string of the molecule is CC/C=C\C/C=C\C/C=C\C/C=C\C/C=C\C/C=C\C/C=C\CCCCCCCC(=O)OCC(COC(=O)CCCCCCCCCCCCCCCCCCCC)OC(=O)CCCCCCCCCCC/C=C\C/C=C\CCCCC. The first-order chi connectivity index (χ1) is 40.5. The highest BCUT2D eigenvalue weighted by Gasteiger charge is 2.19. The molecule has 0 fully saturated rings. The fourth-order valence-electron chi connectivity index (χ4n) is 9.81. The molecule has 0 saturated heterocycles. The zero-order valence-electron chi connectivity index (χ0n) is 54.0. The summed E-state index contributed by atoms with van der Waals surface area (Å²) in [7, 11) is 0. The third-order valence-corrected chi connectivity index (χ3v) is 15.0. The van der Waals surface area contributed by atoms with Crippen LogP contribution >= 0.6 is 0 Å². The third-order valence-electron chi connectivity index (χ3n) is 15.0. The molecule has 0 aromatic heterocycles. The predicted molar refractivity (Wildman–Crippen MR) is 357 cm³/mol. The molecule has 0 heterocycles. The van der Waals surface area contributed by atoms with Crippen molar-refractivity contribution in [1.82, 2.24) is 0 Å². The van der Waals surface area contributed by atoms with E-state index in [1.54, 1.807) is 0 Å². The lowest BCUT2D eigenvalue weighted by atomic mass is 10.0. The number of ether oxygens (including phenoxy) is 3. The molecule has 0 amide bonds. The fourth-order valence-corrected chi connectivity index (χ4v) is 9.81. The molecule has 0 aliphatic carbocycles. The van der Waals surface area contributed by atoms with Gasteiger partial charge in [0.2, 0.25) is 0 Å². The Kier molecular flexibility index (Phi) is 66.2. The maximum Gasteiger partial charge on any atom is 0.306 e. The minimum Gasteiger partial charge on any atom is -0.462 e. The van der Waals surface area contributed by atoms with Gasteiger partial charge in [0.15, 0.2) is 6.10 Å². The van der Waals surface area contributed by atoms with E-state index < -0.39 is 6.10 Å². The summed E-state index contributed by atoms with van der Waals surface area (Å²) in [4.78, 5) is 38.5. The van der Waals surface area contributed by atoms with Gasteiger partial charge in [0.05, 0.1) is 0 Å². The molecular formula is C76H130O6. The van der Waals surface area contributed by atoms with Gasteiger partial charge in [-0.2, -0.15) is 0 Å². The van der Waals surface area contributed by atoms with Crippen molar-refractivity contribution >= 4 is 17.9 Å². The monoisotopic (exact) mass is 1140 g/mol. The molecule has 6 heteroatoms. The molecule has 6 nitrogen and oxygen atoms in total. The largest absolute Gasteiger partial charge is 0.462 e. The fraction of sp³-hybridized carbons (Fsp3) is 0.724. The number of allylic oxidation sites excluding steroid dienone is 18. The molecule has 0 radical (unpaired) electrons. The lowest BCUT2D eigenvalue weighted by Crippen LogP contribution is -2.30. The summed E-state index contributed by atoms with van der Waals surface area (Å²) in [5.41, 5.74) is 0. The first-order valence-electron chi connectivity index (χ1n) is 34.9. The van der Waals surface area contributed by atoms with E-state index in [0.29, 0.717) is 19.3 Å². The highest BCUT2D eigenvalue weighted by atomic mass is 16.6. The first kappa shape index (κ1) is 78.1. The average Bonchev–Trinajstić information content (AvgIpc) is 3.47. The van der Waals surface area contributed by atoms with Crippen molar-refractivity contribution in [1.29, 1.82) is 0 Å². The van der Waals surface area contributed by atoms with Gasteiger partial charge in [0, 0.05) is 19.3 Å². The number of unbranched alkanes of at least 4 members (excludes halogenated alkanes) is 34. The molecule has 0 bridgehead atoms. The highest BCUT2D eigenvalue weighted by molar-refractivity contribution is 5.71. The number of hydrogen-bond donors (Lipinski definition) is 0. The summed E-state index contributed by atoms with van der Waals surface area (Å²) in [6, 6.07) is 0. The average molecular weight is 1140 g/mol. The Labute approximate surface area is 508 Å². The number of rotatable bonds is 63. The summed E-state index contributed by atoms with van der Waals surface area (Å²) >= 11 is 0. The van der Waals surface area contributed by atoms with Crippen molar-refractivity contribution < 1.29 is 28.6 Å². The smallest absolute Gasteiger partial charge is 0.306 e. The van der Waals surface area contributed by atoms with Crippen molar-refractivity contribution in [3.63, 3.8) is 0 Å². The van der Waals surface area contributed by atoms with Crippen LogP contribution in [-0.2, 0) is 28.6 Å². The summed E-state index contributed by atoms with van der Waals surface area (Å²) in [6.07, 6.45) is 95.2. The highest BCUT2D eigenvalue weighted by Crippen LogP contribution is 2.17. The first-order valence-corrected chi connectivity index (χ1v) is 34.9. The molecule has 82 heavy (non-hydrogen) atoms. The second kappa shape index (κ2) is 69.6. The topological polar surface area (TPSA) is 78.9 Å². The second-order valence-electron chi connectivity index (χ2n) is 23.1. The van der Waals surface area contributed by atoms with Crippen LogP contribution in [0.4, 0.5) is 0 Å². The lowest BCUT2D eigenvalue weighted by molar-refractivity contribution is -0.167. The molecule has 1 atom stereocenters. The summed E-state index contributed by atoms with van der Waals surface area (Å²) in [5, 5.41) is 0. The van der Waals surface area contributed by atoms with Gasteiger partial charge >= 0.3 is 17.9 Å². The van der Waals surface area contributed by atoms with Gasteiger partial charge < -0.3 is 14.2 Å². The molecule has 0 aliphatic heterocycles. The summed E-state index contributed by atoms with van der Waals surface area (Å²) in [6.45, 7) is 6.53. The molecule has 470 valence electrons. The van der Waals surface area contributed by atoms with Crippen LogP contribution in [0.2, 0.25) is 0 Å². The molecule has 0 aromatic rings. The Hall–Kier alpha value is -3.93. The number of hydrogen-bond acceptors (Lipinski definition) is 6. The van der Waals surface area contributed by atoms with E-state index in [9.17, 15) is 14.4 Å². The van der Waals surface area contributed by atoms with Crippen LogP contribution in [0.5, 0.6) is 0 Å². The van der Waals surface area contributed by atoms with Gasteiger partial charge in [-0.25, -0.2) is 0 Å². The zero-order chi connectivity index (χ0) is 59.2. The number of carbonyl (C=O) groups is 3. The molecule has 0 spiro atoms. The van der Waals surface area contributed by atoms with Crippen LogP contribution in [0.3, 0.4) is 0 Å². The maximum absolute atomic E-state index is 13.0. The van der Waals surface area contributed by atoms with E-state index in [4.69, 9.17) is 14.2 Å². The molecule has 0 saturated carbocycles. The van der Waals surface area contributed by atoms with Crippen LogP contribution in [0.25, 0.3) is 0 Å². The molecule has 0 rings (SSSR count). The predicted octanol–water partition coefficient (Wildman–Crippen LogP) is 24.2. The Morgan fingerprint density at radius 3 is 0.768 bits per heavy atom. The van der Waals surface area contributed by atoms with Crippen molar-refractivity contribution in [2.24, 2.45) is 0 Å². The van der Waals surface area contributed by atoms with Crippen molar-refractivity contribution in [2.75, 3.05) is 13.2 Å². The quantitative estimate of drug-likeness (QED) is 0.0261. The summed E-state index contributed by atoms with van der Waals surface area (Å²) in [5.74, 6) is -0.893. The number of carbonyl (C=O) groups excluding carboxylic acids is 3. The normalized spacial score (nSPS) is 12.8. The van der Waals surface area contributed by atoms with E-state index in [-0.39, 0.29) is 31.1 Å². The van der Waals surface area contributed by atoms with Crippen LogP contribution in [-0.4, -0.2) is 37.2 Å². The van der Waals surface area contributed by atoms with Gasteiger partial charge in [0.25, 0.3) is 0 Å². The van der Waals surface area contributed by atoms with Crippen LogP contribution in [0.15, 0.2) is 109 Å². The van der Waals surface area contributed by atoms with Crippen molar-refractivity contribution in [3.05, 3.63) is 109 Å². The third kappa shape index (κ3) is 66.9. The minimum absolute atomic E-state index is 0.0838. The molecular weight excluding hydrogens is 1010 g/mol. The summed E-state index contributed by atoms with van der Waals surface area (Å²) < 4.78 is 17.0. The Morgan fingerprint density at radius 2 is 0.476 bits per heavy atom. The maximum atomic E-state index is 13.0. The van der Waals surface area contributed by atoms with Gasteiger partial charge in [-0.3, -0.25) is 14.4 Å². The lowest BCUT2D eigenvalue weighted by Gasteiger charge is -2.18. The van der Waals surface area contributed by atoms with Gasteiger partial charge in [0.1, 0.15) is 13.2 Å². The van der Waals surface area contributed by atoms with Gasteiger partial charge in [-0.05, 0) is 109 Å². The second-order valence-corrected chi connectivity index (χ2v) is 23.1. The van der Waals surface area contributed by atoms with Gasteiger partial charge in [-0.1, -0.05) is 316 Å². The van der Waals surface area contributed by atoms with E-state index >= 15 is 0 Å². The van der Waals surface area contributed by atoms with E-state index in [1.165, 1.54) is 167 Å². The van der Waals surface area contributed by atoms with Crippen molar-refractivity contribution in [3.8, 4) is 0 Å². The van der Waals surface area contributed by atoms with Crippen molar-refractivity contribution in [2.45, 2.75) is 341 Å². The van der Waals surface area contributed by atoms with Crippen LogP contribution in [0, 0.1) is 0 Å². The Bertz CT molecular complexity index is 1640. The van der Waals surface area contributed by atoms with Crippen LogP contribution < -0.4 is 0 Å². The molecule has 0 aromatic carbocycles. The minimum atomic E-state index is -0.791. The van der Waals surface area contributed by atoms with Gasteiger partial charge in [-0.15, -0.1) is 0 Å². The number of esters is 3. The standard InChI is InChI=1S/C76H130O6/c1-4-7-10-13-16-19-22-25-28-31-34-35-36-37-38-39-40-41-43-45-48-51-54-57-60-63-66-69-75(78)81-72-73(71-80-74(77)68-65-62-59-56-53-50-47-44-33-30-27-24-21-18-15-12-9-6-3)82-76(79)70-67-64-61-58-55-52-49-46-42-32-29-26-23-20-17-14-11-8-5-2/h7,10,16-17,19-20,25-26,28-29,34-35,37-38,40-41,45,48,73H,4-6,8-9,11-15,18,21-24,27,30-33,36,39,42-44,46-47,49-72H2,1-3H3/b10-7-,19-16-,20-17-,28-25-,29-26-,35-34-,38-37-,41-40-,48-45-. The van der Waals surface area contributed by atoms with E-state index in [1.807, 2.05) is 0 Å². The Balaban J connectivity index is 4.41.